The van der Waals surface area contributed by atoms with E-state index in [0.717, 1.165) is 18.8 Å². The number of fused-ring (bicyclic) bond motifs is 1. The summed E-state index contributed by atoms with van der Waals surface area (Å²) in [5.41, 5.74) is 2.55. The van der Waals surface area contributed by atoms with Crippen LogP contribution in [0.5, 0.6) is 0 Å². The number of rotatable bonds is 2. The van der Waals surface area contributed by atoms with Gasteiger partial charge < -0.3 is 9.80 Å². The van der Waals surface area contributed by atoms with Crippen LogP contribution in [0.1, 0.15) is 17.7 Å². The zero-order valence-electron chi connectivity index (χ0n) is 10.6. The largest absolute Gasteiger partial charge is 0.347 e. The van der Waals surface area contributed by atoms with Crippen LogP contribution in [-0.4, -0.2) is 49.1 Å². The van der Waals surface area contributed by atoms with E-state index in [1.54, 1.807) is 0 Å². The lowest BCUT2D eigenvalue weighted by Crippen LogP contribution is -2.34. The van der Waals surface area contributed by atoms with Gasteiger partial charge in [0.15, 0.2) is 0 Å². The molecular formula is C12H20N4. The van der Waals surface area contributed by atoms with Crippen LogP contribution < -0.4 is 4.90 Å². The Morgan fingerprint density at radius 1 is 1.25 bits per heavy atom. The zero-order chi connectivity index (χ0) is 11.7. The van der Waals surface area contributed by atoms with Gasteiger partial charge in [0.2, 0.25) is 5.95 Å². The minimum absolute atomic E-state index is 0.640. The number of anilines is 1. The Labute approximate surface area is 97.3 Å². The summed E-state index contributed by atoms with van der Waals surface area (Å²) in [6, 6.07) is 0.640. The molecule has 1 aromatic rings. The fraction of sp³-hybridized carbons (Fsp3) is 0.667. The fourth-order valence-corrected chi connectivity index (χ4v) is 2.13. The molecule has 0 saturated heterocycles. The SMILES string of the molecule is CN(C)c1ncc2c(n1)CCC(N(C)C)C2. The van der Waals surface area contributed by atoms with Crippen LogP contribution in [0.2, 0.25) is 0 Å². The molecule has 1 heterocycles. The maximum Gasteiger partial charge on any atom is 0.224 e. The zero-order valence-corrected chi connectivity index (χ0v) is 10.6. The van der Waals surface area contributed by atoms with Crippen molar-refractivity contribution in [3.8, 4) is 0 Å². The molecule has 0 fully saturated rings. The van der Waals surface area contributed by atoms with Gasteiger partial charge in [-0.05, 0) is 38.9 Å². The minimum atomic E-state index is 0.640. The van der Waals surface area contributed by atoms with Gasteiger partial charge in [-0.1, -0.05) is 0 Å². The fourth-order valence-electron chi connectivity index (χ4n) is 2.13. The van der Waals surface area contributed by atoms with Gasteiger partial charge >= 0.3 is 0 Å². The third kappa shape index (κ3) is 2.16. The highest BCUT2D eigenvalue weighted by molar-refractivity contribution is 5.32. The number of hydrogen-bond acceptors (Lipinski definition) is 4. The lowest BCUT2D eigenvalue weighted by Gasteiger charge is -2.29. The Balaban J connectivity index is 2.22. The van der Waals surface area contributed by atoms with E-state index in [0.29, 0.717) is 6.04 Å². The molecule has 88 valence electrons. The summed E-state index contributed by atoms with van der Waals surface area (Å²) < 4.78 is 0. The Hall–Kier alpha value is -1.16. The molecule has 1 aliphatic carbocycles. The first kappa shape index (κ1) is 11.3. The van der Waals surface area contributed by atoms with Crippen molar-refractivity contribution in [2.45, 2.75) is 25.3 Å². The second-order valence-electron chi connectivity index (χ2n) is 4.90. The molecule has 1 aromatic heterocycles. The van der Waals surface area contributed by atoms with Crippen molar-refractivity contribution >= 4 is 5.95 Å². The molecule has 16 heavy (non-hydrogen) atoms. The Morgan fingerprint density at radius 3 is 2.62 bits per heavy atom. The van der Waals surface area contributed by atoms with Crippen molar-refractivity contribution in [3.63, 3.8) is 0 Å². The molecule has 2 rings (SSSR count). The Morgan fingerprint density at radius 2 is 2.00 bits per heavy atom. The van der Waals surface area contributed by atoms with Crippen molar-refractivity contribution in [3.05, 3.63) is 17.5 Å². The van der Waals surface area contributed by atoms with Gasteiger partial charge in [-0.15, -0.1) is 0 Å². The number of nitrogens with zero attached hydrogens (tertiary/aromatic N) is 4. The highest BCUT2D eigenvalue weighted by atomic mass is 15.2. The topological polar surface area (TPSA) is 32.3 Å². The highest BCUT2D eigenvalue weighted by Crippen LogP contribution is 2.22. The molecule has 0 amide bonds. The molecule has 4 nitrogen and oxygen atoms in total. The quantitative estimate of drug-likeness (QED) is 0.743. The second-order valence-corrected chi connectivity index (χ2v) is 4.90. The van der Waals surface area contributed by atoms with E-state index in [2.05, 4.69) is 29.0 Å². The monoisotopic (exact) mass is 220 g/mol. The molecule has 4 heteroatoms. The highest BCUT2D eigenvalue weighted by Gasteiger charge is 2.21. The van der Waals surface area contributed by atoms with E-state index in [-0.39, 0.29) is 0 Å². The van der Waals surface area contributed by atoms with Gasteiger partial charge in [0.1, 0.15) is 0 Å². The number of aryl methyl sites for hydroxylation is 1. The Kier molecular flexibility index (Phi) is 3.10. The summed E-state index contributed by atoms with van der Waals surface area (Å²) in [7, 11) is 8.25. The van der Waals surface area contributed by atoms with Gasteiger partial charge in [0, 0.05) is 32.0 Å². The van der Waals surface area contributed by atoms with Gasteiger partial charge in [-0.3, -0.25) is 0 Å². The average molecular weight is 220 g/mol. The van der Waals surface area contributed by atoms with Crippen molar-refractivity contribution in [1.82, 2.24) is 14.9 Å². The summed E-state index contributed by atoms with van der Waals surface area (Å²) >= 11 is 0. The second kappa shape index (κ2) is 4.37. The van der Waals surface area contributed by atoms with Crippen LogP contribution in [0.3, 0.4) is 0 Å². The molecule has 0 saturated carbocycles. The predicted octanol–water partition coefficient (Wildman–Crippen LogP) is 0.961. The number of hydrogen-bond donors (Lipinski definition) is 0. The van der Waals surface area contributed by atoms with Crippen molar-refractivity contribution < 1.29 is 0 Å². The molecule has 0 aromatic carbocycles. The smallest absolute Gasteiger partial charge is 0.224 e. The van der Waals surface area contributed by atoms with E-state index in [9.17, 15) is 0 Å². The summed E-state index contributed by atoms with van der Waals surface area (Å²) in [4.78, 5) is 13.2. The summed E-state index contributed by atoms with van der Waals surface area (Å²) in [6.07, 6.45) is 5.34. The Bertz CT molecular complexity index is 373. The third-order valence-electron chi connectivity index (χ3n) is 3.24. The molecule has 0 N–H and O–H groups in total. The van der Waals surface area contributed by atoms with Crippen LogP contribution >= 0.6 is 0 Å². The first-order valence-electron chi connectivity index (χ1n) is 5.76. The molecule has 0 radical (unpaired) electrons. The van der Waals surface area contributed by atoms with E-state index < -0.39 is 0 Å². The van der Waals surface area contributed by atoms with Gasteiger partial charge in [-0.25, -0.2) is 9.97 Å². The van der Waals surface area contributed by atoms with Crippen LogP contribution in [0, 0.1) is 0 Å². The van der Waals surface area contributed by atoms with E-state index >= 15 is 0 Å². The maximum atomic E-state index is 4.60. The van der Waals surface area contributed by atoms with Crippen LogP contribution in [0.25, 0.3) is 0 Å². The lowest BCUT2D eigenvalue weighted by atomic mass is 9.92. The van der Waals surface area contributed by atoms with Crippen molar-refractivity contribution in [1.29, 1.82) is 0 Å². The summed E-state index contributed by atoms with van der Waals surface area (Å²) in [5.74, 6) is 0.821. The first-order valence-corrected chi connectivity index (χ1v) is 5.76. The third-order valence-corrected chi connectivity index (χ3v) is 3.24. The van der Waals surface area contributed by atoms with E-state index in [1.807, 2.05) is 25.2 Å². The van der Waals surface area contributed by atoms with Crippen LogP contribution in [0.15, 0.2) is 6.20 Å². The van der Waals surface area contributed by atoms with Crippen molar-refractivity contribution in [2.24, 2.45) is 0 Å². The summed E-state index contributed by atoms with van der Waals surface area (Å²) in [5, 5.41) is 0. The number of likely N-dealkylation sites (N-methyl/N-ethyl adjacent to an activating group) is 1. The molecular weight excluding hydrogens is 200 g/mol. The number of aromatic nitrogens is 2. The van der Waals surface area contributed by atoms with Crippen LogP contribution in [0.4, 0.5) is 5.95 Å². The first-order chi connectivity index (χ1) is 7.58. The minimum Gasteiger partial charge on any atom is -0.347 e. The van der Waals surface area contributed by atoms with Crippen molar-refractivity contribution in [2.75, 3.05) is 33.1 Å². The van der Waals surface area contributed by atoms with E-state index in [4.69, 9.17) is 0 Å². The average Bonchev–Trinajstić information content (AvgIpc) is 2.27. The van der Waals surface area contributed by atoms with Gasteiger partial charge in [0.05, 0.1) is 0 Å². The molecule has 0 aliphatic heterocycles. The maximum absolute atomic E-state index is 4.60. The lowest BCUT2D eigenvalue weighted by molar-refractivity contribution is 0.266. The molecule has 1 unspecified atom stereocenters. The van der Waals surface area contributed by atoms with Crippen LogP contribution in [-0.2, 0) is 12.8 Å². The molecule has 1 aliphatic rings. The molecule has 0 bridgehead atoms. The normalized spacial score (nSPS) is 19.7. The van der Waals surface area contributed by atoms with Gasteiger partial charge in [0.25, 0.3) is 0 Å². The van der Waals surface area contributed by atoms with Gasteiger partial charge in [-0.2, -0.15) is 0 Å². The predicted molar refractivity (Wildman–Crippen MR) is 65.9 cm³/mol. The summed E-state index contributed by atoms with van der Waals surface area (Å²) in [6.45, 7) is 0. The molecule has 0 spiro atoms. The standard InChI is InChI=1S/C12H20N4/c1-15(2)10-5-6-11-9(7-10)8-13-12(14-11)16(3)4/h8,10H,5-7H2,1-4H3. The molecule has 1 atom stereocenters. The van der Waals surface area contributed by atoms with E-state index in [1.165, 1.54) is 17.7 Å².